The molecule has 172 valence electrons. The van der Waals surface area contributed by atoms with Gasteiger partial charge in [-0.25, -0.2) is 18.5 Å². The number of hydrogen-bond donors (Lipinski definition) is 2. The fourth-order valence-corrected chi connectivity index (χ4v) is 3.97. The molecule has 0 spiro atoms. The Morgan fingerprint density at radius 1 is 0.971 bits per heavy atom. The van der Waals surface area contributed by atoms with Crippen LogP contribution in [0.4, 0.5) is 19.3 Å². The zero-order chi connectivity index (χ0) is 24.1. The highest BCUT2D eigenvalue weighted by molar-refractivity contribution is 6.21. The van der Waals surface area contributed by atoms with E-state index in [9.17, 15) is 23.2 Å². The number of nitrogens with zero attached hydrogens (tertiary/aromatic N) is 2. The molecule has 5 rings (SSSR count). The number of urea groups is 1. The molecule has 0 aliphatic carbocycles. The summed E-state index contributed by atoms with van der Waals surface area (Å²) in [6.07, 6.45) is 3.19. The topological polar surface area (TPSA) is 96.4 Å². The lowest BCUT2D eigenvalue weighted by atomic mass is 10.0. The van der Waals surface area contributed by atoms with Crippen molar-refractivity contribution in [1.82, 2.24) is 14.9 Å². The molecule has 1 saturated heterocycles. The van der Waals surface area contributed by atoms with Crippen molar-refractivity contribution in [3.8, 4) is 22.6 Å². The molecule has 1 aliphatic rings. The number of rotatable bonds is 4. The van der Waals surface area contributed by atoms with Gasteiger partial charge in [0, 0.05) is 42.0 Å². The second kappa shape index (κ2) is 7.84. The van der Waals surface area contributed by atoms with Crippen molar-refractivity contribution in [2.24, 2.45) is 7.05 Å². The molecule has 0 bridgehead atoms. The standard InChI is InChI=1S/C24H18F2N4O4/c1-12-22(31)30(24(33)28-12)14-4-6-19(34-20-5-3-13(25)9-18(20)26)16(10-14)17-11-29(2)23(32)21-15(17)7-8-27-21/h3-12,27H,1-2H3,(H,28,33)/t12-/m0/s1. The van der Waals surface area contributed by atoms with E-state index in [-0.39, 0.29) is 22.7 Å². The van der Waals surface area contributed by atoms with Crippen LogP contribution in [0.1, 0.15) is 6.92 Å². The zero-order valence-electron chi connectivity index (χ0n) is 18.1. The zero-order valence-corrected chi connectivity index (χ0v) is 18.1. The van der Waals surface area contributed by atoms with Crippen molar-refractivity contribution < 1.29 is 23.1 Å². The average molecular weight is 464 g/mol. The molecule has 2 aromatic carbocycles. The van der Waals surface area contributed by atoms with Gasteiger partial charge in [0.1, 0.15) is 23.1 Å². The predicted molar refractivity (Wildman–Crippen MR) is 121 cm³/mol. The van der Waals surface area contributed by atoms with Gasteiger partial charge in [-0.2, -0.15) is 0 Å². The summed E-state index contributed by atoms with van der Waals surface area (Å²) in [4.78, 5) is 41.4. The maximum Gasteiger partial charge on any atom is 0.329 e. The number of aromatic amines is 1. The number of imide groups is 1. The third kappa shape index (κ3) is 3.40. The number of H-pyrrole nitrogens is 1. The molecule has 2 N–H and O–H groups in total. The Kier molecular flexibility index (Phi) is 4.93. The van der Waals surface area contributed by atoms with E-state index in [4.69, 9.17) is 4.74 Å². The van der Waals surface area contributed by atoms with Crippen molar-refractivity contribution in [1.29, 1.82) is 0 Å². The van der Waals surface area contributed by atoms with Gasteiger partial charge < -0.3 is 19.6 Å². The predicted octanol–water partition coefficient (Wildman–Crippen LogP) is 4.05. The lowest BCUT2D eigenvalue weighted by Crippen LogP contribution is -2.30. The van der Waals surface area contributed by atoms with E-state index < -0.39 is 29.6 Å². The van der Waals surface area contributed by atoms with Crippen molar-refractivity contribution in [3.05, 3.63) is 76.8 Å². The van der Waals surface area contributed by atoms with Crippen LogP contribution in [0.15, 0.2) is 59.7 Å². The molecule has 34 heavy (non-hydrogen) atoms. The molecule has 1 aliphatic heterocycles. The first-order chi connectivity index (χ1) is 16.2. The molecular weight excluding hydrogens is 446 g/mol. The van der Waals surface area contributed by atoms with Gasteiger partial charge in [0.25, 0.3) is 11.5 Å². The molecule has 3 heterocycles. The average Bonchev–Trinajstić information content (AvgIpc) is 3.38. The Balaban J connectivity index is 1.73. The maximum absolute atomic E-state index is 14.3. The van der Waals surface area contributed by atoms with Gasteiger partial charge in [-0.1, -0.05) is 0 Å². The molecule has 0 unspecified atom stereocenters. The van der Waals surface area contributed by atoms with Crippen LogP contribution in [0, 0.1) is 11.6 Å². The van der Waals surface area contributed by atoms with Crippen LogP contribution in [0.5, 0.6) is 11.5 Å². The van der Waals surface area contributed by atoms with Crippen LogP contribution in [-0.4, -0.2) is 27.5 Å². The van der Waals surface area contributed by atoms with Gasteiger partial charge in [0.05, 0.1) is 5.69 Å². The monoisotopic (exact) mass is 464 g/mol. The number of halogens is 2. The lowest BCUT2D eigenvalue weighted by Gasteiger charge is -2.18. The van der Waals surface area contributed by atoms with Crippen LogP contribution >= 0.6 is 0 Å². The maximum atomic E-state index is 14.3. The lowest BCUT2D eigenvalue weighted by molar-refractivity contribution is -0.117. The van der Waals surface area contributed by atoms with Gasteiger partial charge in [0.2, 0.25) is 0 Å². The fourth-order valence-electron chi connectivity index (χ4n) is 3.97. The Morgan fingerprint density at radius 3 is 2.44 bits per heavy atom. The number of hydrogen-bond acceptors (Lipinski definition) is 4. The van der Waals surface area contributed by atoms with Gasteiger partial charge in [-0.15, -0.1) is 0 Å². The van der Waals surface area contributed by atoms with Crippen LogP contribution < -0.4 is 20.5 Å². The second-order valence-corrected chi connectivity index (χ2v) is 7.93. The largest absolute Gasteiger partial charge is 0.454 e. The van der Waals surface area contributed by atoms with Crippen molar-refractivity contribution >= 4 is 28.5 Å². The van der Waals surface area contributed by atoms with Gasteiger partial charge in [-0.3, -0.25) is 9.59 Å². The summed E-state index contributed by atoms with van der Waals surface area (Å²) < 4.78 is 34.9. The summed E-state index contributed by atoms with van der Waals surface area (Å²) in [5.74, 6) is -2.11. The normalized spacial score (nSPS) is 15.8. The SMILES string of the molecule is C[C@@H]1NC(=O)N(c2ccc(Oc3ccc(F)cc3F)c(-c3cn(C)c(=O)c4[nH]ccc34)c2)C1=O. The Bertz CT molecular complexity index is 1540. The third-order valence-corrected chi connectivity index (χ3v) is 5.65. The number of benzene rings is 2. The molecular formula is C24H18F2N4O4. The number of anilines is 1. The highest BCUT2D eigenvalue weighted by atomic mass is 19.1. The third-order valence-electron chi connectivity index (χ3n) is 5.65. The number of pyridine rings is 1. The van der Waals surface area contributed by atoms with Crippen LogP contribution in [-0.2, 0) is 11.8 Å². The fraction of sp³-hybridized carbons (Fsp3) is 0.125. The molecule has 10 heteroatoms. The van der Waals surface area contributed by atoms with E-state index in [1.54, 1.807) is 38.5 Å². The molecule has 3 amide bonds. The summed E-state index contributed by atoms with van der Waals surface area (Å²) in [5.41, 5.74) is 1.29. The second-order valence-electron chi connectivity index (χ2n) is 7.93. The number of ether oxygens (including phenoxy) is 1. The van der Waals surface area contributed by atoms with E-state index in [0.29, 0.717) is 28.1 Å². The Labute approximate surface area is 191 Å². The van der Waals surface area contributed by atoms with Gasteiger partial charge in [0.15, 0.2) is 11.6 Å². The van der Waals surface area contributed by atoms with Crippen LogP contribution in [0.2, 0.25) is 0 Å². The Morgan fingerprint density at radius 2 is 1.74 bits per heavy atom. The first-order valence-electron chi connectivity index (χ1n) is 10.3. The first-order valence-corrected chi connectivity index (χ1v) is 10.3. The molecule has 0 saturated carbocycles. The van der Waals surface area contributed by atoms with E-state index >= 15 is 0 Å². The highest BCUT2D eigenvalue weighted by Crippen LogP contribution is 2.40. The summed E-state index contributed by atoms with van der Waals surface area (Å²) in [7, 11) is 1.58. The molecule has 1 fully saturated rings. The molecule has 8 nitrogen and oxygen atoms in total. The van der Waals surface area contributed by atoms with Crippen molar-refractivity contribution in [2.75, 3.05) is 4.90 Å². The molecule has 2 aromatic heterocycles. The van der Waals surface area contributed by atoms with E-state index in [1.807, 2.05) is 0 Å². The van der Waals surface area contributed by atoms with E-state index in [1.165, 1.54) is 16.7 Å². The number of amides is 3. The minimum absolute atomic E-state index is 0.176. The van der Waals surface area contributed by atoms with E-state index in [2.05, 4.69) is 10.3 Å². The minimum atomic E-state index is -0.898. The summed E-state index contributed by atoms with van der Waals surface area (Å²) >= 11 is 0. The smallest absolute Gasteiger partial charge is 0.329 e. The number of fused-ring (bicyclic) bond motifs is 1. The van der Waals surface area contributed by atoms with Crippen molar-refractivity contribution in [3.63, 3.8) is 0 Å². The number of carbonyl (C=O) groups excluding carboxylic acids is 2. The highest BCUT2D eigenvalue weighted by Gasteiger charge is 2.36. The molecule has 4 aromatic rings. The Hall–Kier alpha value is -4.47. The summed E-state index contributed by atoms with van der Waals surface area (Å²) in [6.45, 7) is 1.58. The number of aryl methyl sites for hydroxylation is 1. The van der Waals surface area contributed by atoms with Gasteiger partial charge >= 0.3 is 6.03 Å². The summed E-state index contributed by atoms with van der Waals surface area (Å²) in [5, 5.41) is 3.12. The van der Waals surface area contributed by atoms with Crippen LogP contribution in [0.25, 0.3) is 22.0 Å². The van der Waals surface area contributed by atoms with Crippen LogP contribution in [0.3, 0.4) is 0 Å². The number of carbonyl (C=O) groups is 2. The van der Waals surface area contributed by atoms with E-state index in [0.717, 1.165) is 17.0 Å². The van der Waals surface area contributed by atoms with Gasteiger partial charge in [-0.05, 0) is 43.3 Å². The molecule has 1 atom stereocenters. The quantitative estimate of drug-likeness (QED) is 0.446. The number of nitrogens with one attached hydrogen (secondary N) is 2. The number of aromatic nitrogens is 2. The first kappa shape index (κ1) is 21.4. The van der Waals surface area contributed by atoms with Crippen molar-refractivity contribution in [2.45, 2.75) is 13.0 Å². The molecule has 0 radical (unpaired) electrons. The minimum Gasteiger partial charge on any atom is -0.454 e. The summed E-state index contributed by atoms with van der Waals surface area (Å²) in [6, 6.07) is 7.91.